The second-order valence-corrected chi connectivity index (χ2v) is 13.5. The monoisotopic (exact) mass is 541 g/mol. The van der Waals surface area contributed by atoms with Crippen LogP contribution in [0.3, 0.4) is 0 Å². The Kier molecular flexibility index (Phi) is 7.54. The molecular weight excluding hydrogens is 511 g/mol. The van der Waals surface area contributed by atoms with Gasteiger partial charge in [-0.05, 0) is 60.4 Å². The second kappa shape index (κ2) is 10.7. The molecule has 4 heterocycles. The first-order valence-electron chi connectivity index (χ1n) is 12.4. The molecule has 0 bridgehead atoms. The topological polar surface area (TPSA) is 92.8 Å². The summed E-state index contributed by atoms with van der Waals surface area (Å²) < 4.78 is 7.94. The van der Waals surface area contributed by atoms with Crippen molar-refractivity contribution >= 4 is 45.3 Å². The molecule has 190 valence electrons. The number of ether oxygens (including phenoxy) is 1. The van der Waals surface area contributed by atoms with Gasteiger partial charge in [0.25, 0.3) is 0 Å². The number of carbonyl (C=O) groups is 1. The van der Waals surface area contributed by atoms with Crippen molar-refractivity contribution in [2.75, 3.05) is 17.7 Å². The van der Waals surface area contributed by atoms with Gasteiger partial charge in [-0.2, -0.15) is 5.26 Å². The predicted molar refractivity (Wildman–Crippen MR) is 146 cm³/mol. The molecule has 0 spiro atoms. The van der Waals surface area contributed by atoms with Crippen molar-refractivity contribution in [3.63, 3.8) is 0 Å². The second-order valence-electron chi connectivity index (χ2n) is 10.5. The molecule has 3 aromatic rings. The lowest BCUT2D eigenvalue weighted by atomic mass is 9.72. The Balaban J connectivity index is 1.29. The summed E-state index contributed by atoms with van der Waals surface area (Å²) in [5.41, 5.74) is 2.00. The predicted octanol–water partition coefficient (Wildman–Crippen LogP) is 6.00. The lowest BCUT2D eigenvalue weighted by Gasteiger charge is -2.33. The van der Waals surface area contributed by atoms with Crippen LogP contribution in [0.2, 0.25) is 0 Å². The molecule has 1 N–H and O–H groups in total. The highest BCUT2D eigenvalue weighted by molar-refractivity contribution is 7.99. The normalized spacial score (nSPS) is 19.7. The third-order valence-corrected chi connectivity index (χ3v) is 10.1. The maximum Gasteiger partial charge on any atom is 0.235 e. The number of hydrogen-bond donors (Lipinski definition) is 1. The fraction of sp³-hybridized carbons (Fsp3) is 0.538. The maximum absolute atomic E-state index is 13.0. The number of nitrogens with one attached hydrogen (secondary N) is 1. The molecule has 1 fully saturated rings. The van der Waals surface area contributed by atoms with Crippen LogP contribution in [0.5, 0.6) is 0 Å². The van der Waals surface area contributed by atoms with Crippen LogP contribution in [0, 0.1) is 22.7 Å². The van der Waals surface area contributed by atoms with Crippen LogP contribution in [-0.4, -0.2) is 39.1 Å². The summed E-state index contributed by atoms with van der Waals surface area (Å²) in [6, 6.07) is 6.39. The number of amides is 1. The molecular formula is C26H31N5O2S3. The number of anilines is 1. The van der Waals surface area contributed by atoms with Gasteiger partial charge in [0.1, 0.15) is 11.1 Å². The van der Waals surface area contributed by atoms with E-state index < -0.39 is 0 Å². The number of fused-ring (bicyclic) bond motifs is 1. The van der Waals surface area contributed by atoms with E-state index in [0.717, 1.165) is 55.0 Å². The van der Waals surface area contributed by atoms with Gasteiger partial charge in [-0.15, -0.1) is 32.9 Å². The highest BCUT2D eigenvalue weighted by atomic mass is 32.2. The van der Waals surface area contributed by atoms with Crippen LogP contribution >= 0.6 is 34.4 Å². The van der Waals surface area contributed by atoms with Gasteiger partial charge in [0.15, 0.2) is 11.0 Å². The zero-order valence-corrected chi connectivity index (χ0v) is 23.3. The van der Waals surface area contributed by atoms with Crippen molar-refractivity contribution in [1.29, 1.82) is 5.26 Å². The lowest BCUT2D eigenvalue weighted by Crippen LogP contribution is -2.26. The molecule has 1 amide bonds. The fourth-order valence-electron chi connectivity index (χ4n) is 4.96. The smallest absolute Gasteiger partial charge is 0.235 e. The number of aromatic nitrogens is 3. The van der Waals surface area contributed by atoms with Crippen molar-refractivity contribution < 1.29 is 9.53 Å². The first kappa shape index (κ1) is 25.5. The largest absolute Gasteiger partial charge is 0.376 e. The van der Waals surface area contributed by atoms with Gasteiger partial charge in [0.2, 0.25) is 5.91 Å². The molecule has 0 aromatic carbocycles. The standard InChI is InChI=1S/C26H31N5O2S3/c1-26(2,3)16-8-9-18-19(13-27)24(36-21(18)12-16)28-22(32)15-35-25-30-29-23(20-7-5-11-34-20)31(25)14-17-6-4-10-33-17/h5,7,11,16-17H,4,6,8-10,12,14-15H2,1-3H3,(H,28,32). The van der Waals surface area contributed by atoms with Gasteiger partial charge in [0, 0.05) is 11.5 Å². The van der Waals surface area contributed by atoms with Crippen molar-refractivity contribution in [3.8, 4) is 16.8 Å². The summed E-state index contributed by atoms with van der Waals surface area (Å²) in [4.78, 5) is 15.3. The van der Waals surface area contributed by atoms with Crippen LogP contribution in [-0.2, 0) is 28.9 Å². The number of thiophene rings is 2. The fourth-order valence-corrected chi connectivity index (χ4v) is 7.72. The zero-order valence-electron chi connectivity index (χ0n) is 20.9. The highest BCUT2D eigenvalue weighted by Crippen LogP contribution is 2.44. The molecule has 5 rings (SSSR count). The number of nitrogens with zero attached hydrogens (tertiary/aromatic N) is 4. The van der Waals surface area contributed by atoms with Crippen LogP contribution in [0.25, 0.3) is 10.7 Å². The molecule has 1 saturated heterocycles. The van der Waals surface area contributed by atoms with E-state index in [-0.39, 0.29) is 23.2 Å². The summed E-state index contributed by atoms with van der Waals surface area (Å²) >= 11 is 4.57. The average molecular weight is 542 g/mol. The molecule has 1 aliphatic heterocycles. The SMILES string of the molecule is CC(C)(C)C1CCc2c(sc(NC(=O)CSc3nnc(-c4cccs4)n3CC3CCCO3)c2C#N)C1. The summed E-state index contributed by atoms with van der Waals surface area (Å²) in [6.45, 7) is 8.30. The van der Waals surface area contributed by atoms with E-state index in [9.17, 15) is 10.1 Å². The summed E-state index contributed by atoms with van der Waals surface area (Å²) in [5.74, 6) is 1.47. The Bertz CT molecular complexity index is 1260. The third kappa shape index (κ3) is 5.40. The molecule has 1 aliphatic carbocycles. The molecule has 10 heteroatoms. The molecule has 36 heavy (non-hydrogen) atoms. The van der Waals surface area contributed by atoms with Gasteiger partial charge in [0.05, 0.1) is 28.8 Å². The molecule has 7 nitrogen and oxygen atoms in total. The van der Waals surface area contributed by atoms with E-state index in [1.807, 2.05) is 17.5 Å². The Morgan fingerprint density at radius 3 is 2.92 bits per heavy atom. The van der Waals surface area contributed by atoms with E-state index in [4.69, 9.17) is 4.74 Å². The average Bonchev–Trinajstić information content (AvgIpc) is 3.64. The van der Waals surface area contributed by atoms with E-state index >= 15 is 0 Å². The zero-order chi connectivity index (χ0) is 25.3. The van der Waals surface area contributed by atoms with Gasteiger partial charge >= 0.3 is 0 Å². The first-order valence-corrected chi connectivity index (χ1v) is 15.1. The van der Waals surface area contributed by atoms with E-state index in [1.165, 1.54) is 16.6 Å². The number of nitriles is 1. The van der Waals surface area contributed by atoms with Crippen molar-refractivity contribution in [2.45, 2.75) is 70.7 Å². The van der Waals surface area contributed by atoms with Crippen molar-refractivity contribution in [2.24, 2.45) is 11.3 Å². The molecule has 0 radical (unpaired) electrons. The summed E-state index contributed by atoms with van der Waals surface area (Å²) in [7, 11) is 0. The van der Waals surface area contributed by atoms with Crippen LogP contribution in [0.1, 0.15) is 56.0 Å². The molecule has 2 aliphatic rings. The maximum atomic E-state index is 13.0. The third-order valence-electron chi connectivity index (χ3n) is 7.06. The van der Waals surface area contributed by atoms with E-state index in [1.54, 1.807) is 22.7 Å². The van der Waals surface area contributed by atoms with E-state index in [2.05, 4.69) is 46.9 Å². The first-order chi connectivity index (χ1) is 17.3. The molecule has 2 unspecified atom stereocenters. The van der Waals surface area contributed by atoms with Gasteiger partial charge in [-0.3, -0.25) is 9.36 Å². The summed E-state index contributed by atoms with van der Waals surface area (Å²) in [6.07, 6.45) is 5.18. The lowest BCUT2D eigenvalue weighted by molar-refractivity contribution is -0.113. The Hall–Kier alpha value is -2.19. The Labute approximate surface area is 224 Å². The van der Waals surface area contributed by atoms with Crippen LogP contribution in [0.15, 0.2) is 22.7 Å². The number of carbonyl (C=O) groups excluding carboxylic acids is 1. The van der Waals surface area contributed by atoms with E-state index in [0.29, 0.717) is 28.2 Å². The van der Waals surface area contributed by atoms with Gasteiger partial charge < -0.3 is 10.1 Å². The number of rotatable bonds is 7. The van der Waals surface area contributed by atoms with Gasteiger partial charge in [-0.1, -0.05) is 38.6 Å². The molecule has 2 atom stereocenters. The minimum atomic E-state index is -0.133. The van der Waals surface area contributed by atoms with Crippen LogP contribution < -0.4 is 5.32 Å². The number of hydrogen-bond acceptors (Lipinski definition) is 8. The highest BCUT2D eigenvalue weighted by Gasteiger charge is 2.32. The minimum absolute atomic E-state index is 0.133. The Morgan fingerprint density at radius 2 is 2.22 bits per heavy atom. The Morgan fingerprint density at radius 1 is 1.36 bits per heavy atom. The number of thioether (sulfide) groups is 1. The van der Waals surface area contributed by atoms with Gasteiger partial charge in [-0.25, -0.2) is 0 Å². The van der Waals surface area contributed by atoms with Crippen molar-refractivity contribution in [3.05, 3.63) is 33.5 Å². The minimum Gasteiger partial charge on any atom is -0.376 e. The van der Waals surface area contributed by atoms with Crippen LogP contribution in [0.4, 0.5) is 5.00 Å². The quantitative estimate of drug-likeness (QED) is 0.369. The molecule has 3 aromatic heterocycles. The summed E-state index contributed by atoms with van der Waals surface area (Å²) in [5, 5.41) is 25.1. The molecule has 0 saturated carbocycles. The van der Waals surface area contributed by atoms with Crippen molar-refractivity contribution in [1.82, 2.24) is 14.8 Å².